The van der Waals surface area contributed by atoms with E-state index in [-0.39, 0.29) is 18.6 Å². The van der Waals surface area contributed by atoms with Crippen molar-refractivity contribution < 1.29 is 23.8 Å². The zero-order valence-electron chi connectivity index (χ0n) is 15.5. The normalized spacial score (nSPS) is 28.2. The molecule has 6 nitrogen and oxygen atoms in total. The van der Waals surface area contributed by atoms with Crippen molar-refractivity contribution in [2.24, 2.45) is 5.41 Å². The van der Waals surface area contributed by atoms with Gasteiger partial charge in [-0.15, -0.1) is 0 Å². The molecule has 0 unspecified atom stereocenters. The topological polar surface area (TPSA) is 78.9 Å². The molecule has 0 saturated carbocycles. The van der Waals surface area contributed by atoms with Crippen molar-refractivity contribution in [2.75, 3.05) is 34.8 Å². The number of thioether (sulfide) groups is 1. The molecule has 2 N–H and O–H groups in total. The van der Waals surface area contributed by atoms with Crippen LogP contribution < -0.4 is 10.2 Å². The summed E-state index contributed by atoms with van der Waals surface area (Å²) in [6, 6.07) is 4.58. The van der Waals surface area contributed by atoms with Crippen molar-refractivity contribution >= 4 is 35.0 Å². The first kappa shape index (κ1) is 19.9. The van der Waals surface area contributed by atoms with Crippen molar-refractivity contribution in [1.29, 1.82) is 0 Å². The van der Waals surface area contributed by atoms with Crippen LogP contribution in [0.2, 0.25) is 0 Å². The first-order chi connectivity index (χ1) is 12.8. The number of carboxylic acid groups (broad SMARTS) is 1. The number of carbonyl (C=O) groups is 2. The zero-order chi connectivity index (χ0) is 19.6. The fourth-order valence-electron chi connectivity index (χ4n) is 3.72. The van der Waals surface area contributed by atoms with Gasteiger partial charge in [0.2, 0.25) is 5.91 Å². The van der Waals surface area contributed by atoms with Crippen LogP contribution in [0.5, 0.6) is 0 Å². The second kappa shape index (κ2) is 8.06. The van der Waals surface area contributed by atoms with Crippen molar-refractivity contribution in [1.82, 2.24) is 0 Å². The quantitative estimate of drug-likeness (QED) is 0.797. The molecule has 1 aromatic carbocycles. The fourth-order valence-corrected chi connectivity index (χ4v) is 5.16. The standard InChI is InChI=1S/C19H25FN2O4S/c1-12-9-22(10-13(2)26-12)16-4-3-14(7-15(16)20)21-17(23)8-19(18(24)25)5-6-27-11-19/h3-4,7,12-13H,5-6,8-11H2,1-2H3,(H,21,23)(H,24,25)/t12-,13+,19-/m1/s1. The fraction of sp³-hybridized carbons (Fsp3) is 0.579. The molecule has 0 radical (unpaired) electrons. The van der Waals surface area contributed by atoms with Crippen molar-refractivity contribution in [3.63, 3.8) is 0 Å². The predicted octanol–water partition coefficient (Wildman–Crippen LogP) is 2.98. The van der Waals surface area contributed by atoms with Gasteiger partial charge in [0.25, 0.3) is 0 Å². The van der Waals surface area contributed by atoms with Crippen LogP contribution in [0, 0.1) is 11.2 Å². The highest BCUT2D eigenvalue weighted by Gasteiger charge is 2.43. The molecule has 2 fully saturated rings. The van der Waals surface area contributed by atoms with E-state index in [0.29, 0.717) is 36.6 Å². The van der Waals surface area contributed by atoms with E-state index in [9.17, 15) is 19.1 Å². The number of hydrogen-bond donors (Lipinski definition) is 2. The predicted molar refractivity (Wildman–Crippen MR) is 104 cm³/mol. The van der Waals surface area contributed by atoms with Gasteiger partial charge in [-0.2, -0.15) is 11.8 Å². The highest BCUT2D eigenvalue weighted by molar-refractivity contribution is 7.99. The minimum absolute atomic E-state index is 0.0176. The maximum absolute atomic E-state index is 14.6. The number of ether oxygens (including phenoxy) is 1. The van der Waals surface area contributed by atoms with Crippen LogP contribution in [0.4, 0.5) is 15.8 Å². The number of aliphatic carboxylic acids is 1. The third kappa shape index (κ3) is 4.55. The molecule has 2 heterocycles. The molecule has 1 aromatic rings. The third-order valence-electron chi connectivity index (χ3n) is 5.05. The molecule has 3 rings (SSSR count). The zero-order valence-corrected chi connectivity index (χ0v) is 16.4. The first-order valence-electron chi connectivity index (χ1n) is 9.10. The number of carbonyl (C=O) groups excluding carboxylic acids is 1. The average Bonchev–Trinajstić information content (AvgIpc) is 3.03. The second-order valence-electron chi connectivity index (χ2n) is 7.44. The molecule has 0 bridgehead atoms. The Hall–Kier alpha value is -1.80. The summed E-state index contributed by atoms with van der Waals surface area (Å²) in [5.74, 6) is -0.602. The summed E-state index contributed by atoms with van der Waals surface area (Å²) in [4.78, 5) is 25.8. The lowest BCUT2D eigenvalue weighted by atomic mass is 9.84. The smallest absolute Gasteiger partial charge is 0.311 e. The highest BCUT2D eigenvalue weighted by Crippen LogP contribution is 2.39. The largest absolute Gasteiger partial charge is 0.481 e. The number of amides is 1. The monoisotopic (exact) mass is 396 g/mol. The van der Waals surface area contributed by atoms with Gasteiger partial charge in [0.1, 0.15) is 5.82 Å². The first-order valence-corrected chi connectivity index (χ1v) is 10.3. The molecule has 2 saturated heterocycles. The van der Waals surface area contributed by atoms with Gasteiger partial charge >= 0.3 is 5.97 Å². The highest BCUT2D eigenvalue weighted by atomic mass is 32.2. The van der Waals surface area contributed by atoms with Crippen LogP contribution in [0.25, 0.3) is 0 Å². The van der Waals surface area contributed by atoms with Crippen LogP contribution >= 0.6 is 11.8 Å². The Morgan fingerprint density at radius 3 is 2.63 bits per heavy atom. The molecule has 148 valence electrons. The summed E-state index contributed by atoms with van der Waals surface area (Å²) < 4.78 is 20.3. The Kier molecular flexibility index (Phi) is 5.95. The maximum Gasteiger partial charge on any atom is 0.311 e. The van der Waals surface area contributed by atoms with Gasteiger partial charge in [-0.25, -0.2) is 4.39 Å². The van der Waals surface area contributed by atoms with Gasteiger partial charge in [0, 0.05) is 31.0 Å². The average molecular weight is 396 g/mol. The number of anilines is 2. The summed E-state index contributed by atoms with van der Waals surface area (Å²) in [5.41, 5.74) is -0.209. The molecular weight excluding hydrogens is 371 g/mol. The van der Waals surface area contributed by atoms with Crippen LogP contribution in [-0.4, -0.2) is 53.8 Å². The number of morpholine rings is 1. The minimum Gasteiger partial charge on any atom is -0.481 e. The number of nitrogens with zero attached hydrogens (tertiary/aromatic N) is 1. The van der Waals surface area contributed by atoms with E-state index in [2.05, 4.69) is 5.32 Å². The Balaban J connectivity index is 1.67. The van der Waals surface area contributed by atoms with Crippen molar-refractivity contribution in [3.8, 4) is 0 Å². The molecular formula is C19H25FN2O4S. The molecule has 3 atom stereocenters. The minimum atomic E-state index is -1.02. The number of benzene rings is 1. The van der Waals surface area contributed by atoms with E-state index in [0.717, 1.165) is 5.75 Å². The van der Waals surface area contributed by atoms with Crippen molar-refractivity contribution in [2.45, 2.75) is 38.9 Å². The Morgan fingerprint density at radius 1 is 1.37 bits per heavy atom. The summed E-state index contributed by atoms with van der Waals surface area (Å²) in [7, 11) is 0. The van der Waals surface area contributed by atoms with E-state index >= 15 is 0 Å². The number of rotatable bonds is 5. The lowest BCUT2D eigenvalue weighted by molar-refractivity contribution is -0.149. The van der Waals surface area contributed by atoms with Crippen molar-refractivity contribution in [3.05, 3.63) is 24.0 Å². The van der Waals surface area contributed by atoms with Crippen LogP contribution in [0.15, 0.2) is 18.2 Å². The Bertz CT molecular complexity index is 714. The van der Waals surface area contributed by atoms with E-state index in [1.165, 1.54) is 6.07 Å². The summed E-state index contributed by atoms with van der Waals surface area (Å²) in [6.07, 6.45) is 0.409. The van der Waals surface area contributed by atoms with Crippen LogP contribution in [0.3, 0.4) is 0 Å². The molecule has 0 aromatic heterocycles. The molecule has 2 aliphatic heterocycles. The van der Waals surface area contributed by atoms with Crippen LogP contribution in [0.1, 0.15) is 26.7 Å². The van der Waals surface area contributed by atoms with Gasteiger partial charge in [-0.3, -0.25) is 9.59 Å². The molecule has 1 amide bonds. The molecule has 27 heavy (non-hydrogen) atoms. The molecule has 0 aliphatic carbocycles. The van der Waals surface area contributed by atoms with Gasteiger partial charge in [0.05, 0.1) is 23.3 Å². The van der Waals surface area contributed by atoms with Gasteiger partial charge < -0.3 is 20.1 Å². The molecule has 0 spiro atoms. The Labute approximate surface area is 162 Å². The van der Waals surface area contributed by atoms with Gasteiger partial charge in [0.15, 0.2) is 0 Å². The number of nitrogens with one attached hydrogen (secondary N) is 1. The maximum atomic E-state index is 14.6. The Morgan fingerprint density at radius 2 is 2.07 bits per heavy atom. The van der Waals surface area contributed by atoms with Gasteiger partial charge in [-0.1, -0.05) is 0 Å². The molecule has 2 aliphatic rings. The summed E-state index contributed by atoms with van der Waals surface area (Å²) in [5, 5.41) is 12.1. The molecule has 8 heteroatoms. The number of hydrogen-bond acceptors (Lipinski definition) is 5. The van der Waals surface area contributed by atoms with Gasteiger partial charge in [-0.05, 0) is 44.2 Å². The van der Waals surface area contributed by atoms with Crippen LogP contribution in [-0.2, 0) is 14.3 Å². The SMILES string of the molecule is C[C@@H]1CN(c2ccc(NC(=O)C[C@]3(C(=O)O)CCSC3)cc2F)C[C@H](C)O1. The van der Waals surface area contributed by atoms with E-state index < -0.39 is 23.1 Å². The second-order valence-corrected chi connectivity index (χ2v) is 8.55. The number of carboxylic acids is 1. The number of halogens is 1. The lowest BCUT2D eigenvalue weighted by Crippen LogP contribution is -2.45. The van der Waals surface area contributed by atoms with E-state index in [1.54, 1.807) is 23.9 Å². The third-order valence-corrected chi connectivity index (χ3v) is 6.30. The summed E-state index contributed by atoms with van der Waals surface area (Å²) >= 11 is 1.54. The lowest BCUT2D eigenvalue weighted by Gasteiger charge is -2.37. The summed E-state index contributed by atoms with van der Waals surface area (Å²) in [6.45, 7) is 5.11. The van der Waals surface area contributed by atoms with E-state index in [4.69, 9.17) is 4.74 Å². The van der Waals surface area contributed by atoms with E-state index in [1.807, 2.05) is 18.7 Å².